The Bertz CT molecular complexity index is 1010. The molecule has 134 valence electrons. The molecule has 3 N–H and O–H groups in total. The Morgan fingerprint density at radius 2 is 1.74 bits per heavy atom. The maximum Gasteiger partial charge on any atom is 0.248 e. The maximum atomic E-state index is 11.5. The van der Waals surface area contributed by atoms with Crippen LogP contribution >= 0.6 is 0 Å². The van der Waals surface area contributed by atoms with Crippen molar-refractivity contribution in [3.05, 3.63) is 77.4 Å². The van der Waals surface area contributed by atoms with Crippen molar-refractivity contribution in [1.82, 2.24) is 9.97 Å². The van der Waals surface area contributed by atoms with Crippen LogP contribution in [-0.2, 0) is 24.1 Å². The average molecular weight is 358 g/mol. The van der Waals surface area contributed by atoms with Gasteiger partial charge in [-0.15, -0.1) is 0 Å². The van der Waals surface area contributed by atoms with Gasteiger partial charge in [-0.05, 0) is 47.4 Å². The van der Waals surface area contributed by atoms with Gasteiger partial charge in [0.05, 0.1) is 6.42 Å². The lowest BCUT2D eigenvalue weighted by Gasteiger charge is -2.06. The summed E-state index contributed by atoms with van der Waals surface area (Å²) in [5, 5.41) is 2.83. The summed E-state index contributed by atoms with van der Waals surface area (Å²) in [4.78, 5) is 31.5. The number of hydrogen-bond acceptors (Lipinski definition) is 4. The normalized spacial score (nSPS) is 12.5. The second-order valence-electron chi connectivity index (χ2n) is 6.55. The first-order valence-corrected chi connectivity index (χ1v) is 8.71. The van der Waals surface area contributed by atoms with Crippen molar-refractivity contribution in [2.45, 2.75) is 19.3 Å². The van der Waals surface area contributed by atoms with Gasteiger partial charge in [-0.2, -0.15) is 0 Å². The zero-order chi connectivity index (χ0) is 18.8. The molecule has 6 heteroatoms. The lowest BCUT2D eigenvalue weighted by atomic mass is 10.0. The number of carbonyl (C=O) groups excluding carboxylic acids is 2. The van der Waals surface area contributed by atoms with Crippen molar-refractivity contribution in [2.75, 3.05) is 5.32 Å². The number of amides is 2. The number of primary amides is 1. The molecule has 0 bridgehead atoms. The van der Waals surface area contributed by atoms with Crippen LogP contribution in [0.1, 0.15) is 27.3 Å². The first-order chi connectivity index (χ1) is 13.1. The van der Waals surface area contributed by atoms with Crippen molar-refractivity contribution in [3.8, 4) is 11.1 Å². The molecule has 4 rings (SSSR count). The summed E-state index contributed by atoms with van der Waals surface area (Å²) in [6.07, 6.45) is 5.52. The zero-order valence-corrected chi connectivity index (χ0v) is 14.6. The van der Waals surface area contributed by atoms with Crippen LogP contribution in [0.3, 0.4) is 0 Å². The quantitative estimate of drug-likeness (QED) is 0.732. The number of aryl methyl sites for hydroxylation is 2. The van der Waals surface area contributed by atoms with Gasteiger partial charge in [0.25, 0.3) is 0 Å². The number of fused-ring (bicyclic) bond motifs is 1. The summed E-state index contributed by atoms with van der Waals surface area (Å²) >= 11 is 0. The van der Waals surface area contributed by atoms with E-state index in [1.54, 1.807) is 12.1 Å². The van der Waals surface area contributed by atoms with Gasteiger partial charge < -0.3 is 11.1 Å². The average Bonchev–Trinajstić information content (AvgIpc) is 3.06. The standard InChI is InChI=1S/C21H18N4O2/c22-21(27)14-4-1-13(2-5-14)3-8-19-23-11-17(12-24-19)15-6-7-18-16(9-15)10-20(26)25-18/h1-2,4-7,9,11-12H,3,8,10H2,(H2,22,27)(H,25,26). The summed E-state index contributed by atoms with van der Waals surface area (Å²) in [5.41, 5.74) is 10.7. The van der Waals surface area contributed by atoms with Crippen LogP contribution in [0.4, 0.5) is 5.69 Å². The number of carbonyl (C=O) groups is 2. The van der Waals surface area contributed by atoms with Crippen LogP contribution < -0.4 is 11.1 Å². The van der Waals surface area contributed by atoms with Crippen LogP contribution in [0, 0.1) is 0 Å². The molecule has 0 unspecified atom stereocenters. The number of hydrogen-bond donors (Lipinski definition) is 2. The van der Waals surface area contributed by atoms with E-state index in [2.05, 4.69) is 15.3 Å². The molecule has 2 heterocycles. The number of aromatic nitrogens is 2. The smallest absolute Gasteiger partial charge is 0.248 e. The van der Waals surface area contributed by atoms with Crippen LogP contribution in [0.15, 0.2) is 54.9 Å². The number of nitrogens with one attached hydrogen (secondary N) is 1. The minimum Gasteiger partial charge on any atom is -0.366 e. The van der Waals surface area contributed by atoms with E-state index < -0.39 is 5.91 Å². The van der Waals surface area contributed by atoms with E-state index in [9.17, 15) is 9.59 Å². The van der Waals surface area contributed by atoms with Gasteiger partial charge in [-0.3, -0.25) is 9.59 Å². The van der Waals surface area contributed by atoms with Gasteiger partial charge in [0, 0.05) is 35.6 Å². The van der Waals surface area contributed by atoms with Crippen LogP contribution in [-0.4, -0.2) is 21.8 Å². The summed E-state index contributed by atoms with van der Waals surface area (Å²) in [7, 11) is 0. The summed E-state index contributed by atoms with van der Waals surface area (Å²) in [6, 6.07) is 13.1. The van der Waals surface area contributed by atoms with Gasteiger partial charge in [-0.1, -0.05) is 18.2 Å². The minimum atomic E-state index is -0.424. The van der Waals surface area contributed by atoms with Gasteiger partial charge in [-0.25, -0.2) is 9.97 Å². The Hall–Kier alpha value is -3.54. The molecule has 1 aromatic heterocycles. The molecular weight excluding hydrogens is 340 g/mol. The highest BCUT2D eigenvalue weighted by atomic mass is 16.2. The molecule has 27 heavy (non-hydrogen) atoms. The SMILES string of the molecule is NC(=O)c1ccc(CCc2ncc(-c3ccc4c(c3)CC(=O)N4)cn2)cc1. The number of anilines is 1. The first kappa shape index (κ1) is 16.9. The van der Waals surface area contributed by atoms with Crippen molar-refractivity contribution in [3.63, 3.8) is 0 Å². The monoisotopic (exact) mass is 358 g/mol. The molecule has 0 fully saturated rings. The summed E-state index contributed by atoms with van der Waals surface area (Å²) in [5.74, 6) is 0.362. The fraction of sp³-hybridized carbons (Fsp3) is 0.143. The van der Waals surface area contributed by atoms with E-state index in [4.69, 9.17) is 5.73 Å². The second kappa shape index (κ2) is 6.99. The van der Waals surface area contributed by atoms with E-state index in [0.29, 0.717) is 18.4 Å². The molecule has 0 saturated carbocycles. The fourth-order valence-electron chi connectivity index (χ4n) is 3.13. The van der Waals surface area contributed by atoms with Crippen molar-refractivity contribution in [2.24, 2.45) is 5.73 Å². The van der Waals surface area contributed by atoms with Crippen LogP contribution in [0.5, 0.6) is 0 Å². The Morgan fingerprint density at radius 1 is 1.00 bits per heavy atom. The third-order valence-electron chi connectivity index (χ3n) is 4.64. The molecule has 1 aliphatic heterocycles. The third-order valence-corrected chi connectivity index (χ3v) is 4.64. The van der Waals surface area contributed by atoms with E-state index in [1.165, 1.54) is 0 Å². The van der Waals surface area contributed by atoms with Gasteiger partial charge in [0.1, 0.15) is 5.82 Å². The molecule has 0 spiro atoms. The van der Waals surface area contributed by atoms with Crippen LogP contribution in [0.2, 0.25) is 0 Å². The molecule has 0 atom stereocenters. The van der Waals surface area contributed by atoms with E-state index in [1.807, 2.05) is 42.7 Å². The highest BCUT2D eigenvalue weighted by Gasteiger charge is 2.17. The molecule has 0 radical (unpaired) electrons. The Kier molecular flexibility index (Phi) is 4.38. The predicted octanol–water partition coefficient (Wildman–Crippen LogP) is 2.52. The van der Waals surface area contributed by atoms with Gasteiger partial charge in [0.2, 0.25) is 11.8 Å². The number of nitrogens with two attached hydrogens (primary N) is 1. The molecule has 2 amide bonds. The highest BCUT2D eigenvalue weighted by Crippen LogP contribution is 2.28. The Morgan fingerprint density at radius 3 is 2.44 bits per heavy atom. The molecular formula is C21H18N4O2. The van der Waals surface area contributed by atoms with Crippen LogP contribution in [0.25, 0.3) is 11.1 Å². The third kappa shape index (κ3) is 3.69. The minimum absolute atomic E-state index is 0.0256. The van der Waals surface area contributed by atoms with Crippen molar-refractivity contribution >= 4 is 17.5 Å². The first-order valence-electron chi connectivity index (χ1n) is 8.71. The predicted molar refractivity (Wildman–Crippen MR) is 102 cm³/mol. The molecule has 2 aromatic carbocycles. The maximum absolute atomic E-state index is 11.5. The molecule has 6 nitrogen and oxygen atoms in total. The number of nitrogens with zero attached hydrogens (tertiary/aromatic N) is 2. The van der Waals surface area contributed by atoms with E-state index >= 15 is 0 Å². The van der Waals surface area contributed by atoms with Gasteiger partial charge in [0.15, 0.2) is 0 Å². The number of benzene rings is 2. The number of rotatable bonds is 5. The molecule has 0 saturated heterocycles. The van der Waals surface area contributed by atoms with E-state index in [-0.39, 0.29) is 5.91 Å². The lowest BCUT2D eigenvalue weighted by molar-refractivity contribution is -0.115. The largest absolute Gasteiger partial charge is 0.366 e. The van der Waals surface area contributed by atoms with Crippen molar-refractivity contribution in [1.29, 1.82) is 0 Å². The van der Waals surface area contributed by atoms with E-state index in [0.717, 1.165) is 40.2 Å². The summed E-state index contributed by atoms with van der Waals surface area (Å²) in [6.45, 7) is 0. The second-order valence-corrected chi connectivity index (χ2v) is 6.55. The molecule has 1 aliphatic rings. The Labute approximate surface area is 156 Å². The molecule has 0 aliphatic carbocycles. The summed E-state index contributed by atoms with van der Waals surface area (Å²) < 4.78 is 0. The topological polar surface area (TPSA) is 98.0 Å². The lowest BCUT2D eigenvalue weighted by Crippen LogP contribution is -2.10. The van der Waals surface area contributed by atoms with Gasteiger partial charge >= 0.3 is 0 Å². The Balaban J connectivity index is 1.42. The zero-order valence-electron chi connectivity index (χ0n) is 14.6. The highest BCUT2D eigenvalue weighted by molar-refractivity contribution is 5.99. The fourth-order valence-corrected chi connectivity index (χ4v) is 3.13. The molecule has 3 aromatic rings. The van der Waals surface area contributed by atoms with Crippen molar-refractivity contribution < 1.29 is 9.59 Å².